The average Bonchev–Trinajstić information content (AvgIpc) is 2.57. The first-order valence-electron chi connectivity index (χ1n) is 7.64. The summed E-state index contributed by atoms with van der Waals surface area (Å²) in [6.45, 7) is 4.01. The minimum Gasteiger partial charge on any atom is -0.339 e. The van der Waals surface area contributed by atoms with Gasteiger partial charge in [-0.3, -0.25) is 4.79 Å². The number of nitrogens with zero attached hydrogens (tertiary/aromatic N) is 2. The second-order valence-electron chi connectivity index (χ2n) is 5.60. The van der Waals surface area contributed by atoms with Crippen LogP contribution in [-0.4, -0.2) is 15.9 Å². The summed E-state index contributed by atoms with van der Waals surface area (Å²) in [6.07, 6.45) is 3.01. The van der Waals surface area contributed by atoms with Crippen LogP contribution < -0.4 is 10.6 Å². The van der Waals surface area contributed by atoms with Gasteiger partial charge >= 0.3 is 0 Å². The Morgan fingerprint density at radius 1 is 0.875 bits per heavy atom. The molecule has 3 aromatic rings. The van der Waals surface area contributed by atoms with Crippen LogP contribution in [0.3, 0.4) is 0 Å². The lowest BCUT2D eigenvalue weighted by atomic mass is 10.2. The van der Waals surface area contributed by atoms with Crippen LogP contribution in [0, 0.1) is 13.8 Å². The highest BCUT2D eigenvalue weighted by atomic mass is 16.1. The van der Waals surface area contributed by atoms with Crippen LogP contribution in [0.25, 0.3) is 0 Å². The molecule has 1 amide bonds. The van der Waals surface area contributed by atoms with Crippen molar-refractivity contribution in [3.05, 3.63) is 77.7 Å². The van der Waals surface area contributed by atoms with Crippen molar-refractivity contribution < 1.29 is 4.79 Å². The standard InChI is InChI=1S/C19H18N4O/c1-13-6-8-15(9-7-13)22-18-12-20-17(11-21-18)19(24)23-16-5-3-4-14(2)10-16/h3-12H,1-2H3,(H,21,22)(H,23,24). The average molecular weight is 318 g/mol. The zero-order valence-corrected chi connectivity index (χ0v) is 13.6. The quantitative estimate of drug-likeness (QED) is 0.760. The highest BCUT2D eigenvalue weighted by molar-refractivity contribution is 6.02. The summed E-state index contributed by atoms with van der Waals surface area (Å²) in [5.74, 6) is 0.306. The van der Waals surface area contributed by atoms with Gasteiger partial charge in [0.1, 0.15) is 11.5 Å². The fraction of sp³-hybridized carbons (Fsp3) is 0.105. The summed E-state index contributed by atoms with van der Waals surface area (Å²) in [7, 11) is 0. The van der Waals surface area contributed by atoms with E-state index in [1.807, 2.05) is 62.4 Å². The summed E-state index contributed by atoms with van der Waals surface area (Å²) >= 11 is 0. The molecule has 5 nitrogen and oxygen atoms in total. The minimum atomic E-state index is -0.282. The number of anilines is 3. The number of carbonyl (C=O) groups is 1. The number of benzene rings is 2. The van der Waals surface area contributed by atoms with E-state index in [-0.39, 0.29) is 11.6 Å². The molecule has 1 aromatic heterocycles. The highest BCUT2D eigenvalue weighted by Crippen LogP contribution is 2.15. The second kappa shape index (κ2) is 6.91. The van der Waals surface area contributed by atoms with Gasteiger partial charge in [-0.2, -0.15) is 0 Å². The monoisotopic (exact) mass is 318 g/mol. The van der Waals surface area contributed by atoms with E-state index in [2.05, 4.69) is 20.6 Å². The molecule has 0 atom stereocenters. The maximum Gasteiger partial charge on any atom is 0.275 e. The summed E-state index contributed by atoms with van der Waals surface area (Å²) in [5.41, 5.74) is 4.20. The summed E-state index contributed by atoms with van der Waals surface area (Å²) in [4.78, 5) is 20.6. The van der Waals surface area contributed by atoms with Crippen molar-refractivity contribution in [2.45, 2.75) is 13.8 Å². The first-order chi connectivity index (χ1) is 11.6. The smallest absolute Gasteiger partial charge is 0.275 e. The van der Waals surface area contributed by atoms with Crippen LogP contribution in [0.2, 0.25) is 0 Å². The molecule has 0 radical (unpaired) electrons. The third-order valence-corrected chi connectivity index (χ3v) is 3.48. The fourth-order valence-electron chi connectivity index (χ4n) is 2.21. The van der Waals surface area contributed by atoms with Crippen LogP contribution in [0.4, 0.5) is 17.2 Å². The first-order valence-corrected chi connectivity index (χ1v) is 7.64. The molecule has 24 heavy (non-hydrogen) atoms. The lowest BCUT2D eigenvalue weighted by Crippen LogP contribution is -2.14. The first kappa shape index (κ1) is 15.7. The molecule has 0 aliphatic carbocycles. The SMILES string of the molecule is Cc1ccc(Nc2cnc(C(=O)Nc3cccc(C)c3)cn2)cc1. The molecule has 120 valence electrons. The molecule has 2 aromatic carbocycles. The van der Waals surface area contributed by atoms with Crippen LogP contribution in [0.1, 0.15) is 21.6 Å². The van der Waals surface area contributed by atoms with E-state index in [0.29, 0.717) is 5.82 Å². The fourth-order valence-corrected chi connectivity index (χ4v) is 2.21. The predicted octanol–water partition coefficient (Wildman–Crippen LogP) is 4.09. The molecule has 0 aliphatic rings. The molecule has 3 rings (SSSR count). The van der Waals surface area contributed by atoms with Crippen molar-refractivity contribution >= 4 is 23.1 Å². The largest absolute Gasteiger partial charge is 0.339 e. The van der Waals surface area contributed by atoms with E-state index < -0.39 is 0 Å². The molecule has 2 N–H and O–H groups in total. The minimum absolute atomic E-state index is 0.269. The van der Waals surface area contributed by atoms with Gasteiger partial charge in [0.2, 0.25) is 0 Å². The lowest BCUT2D eigenvalue weighted by molar-refractivity contribution is 0.102. The van der Waals surface area contributed by atoms with Gasteiger partial charge in [-0.15, -0.1) is 0 Å². The topological polar surface area (TPSA) is 66.9 Å². The molecule has 0 unspecified atom stereocenters. The Morgan fingerprint density at radius 3 is 2.33 bits per heavy atom. The normalized spacial score (nSPS) is 10.2. The van der Waals surface area contributed by atoms with Gasteiger partial charge in [-0.25, -0.2) is 9.97 Å². The third-order valence-electron chi connectivity index (χ3n) is 3.48. The molecule has 0 aliphatic heterocycles. The van der Waals surface area contributed by atoms with Gasteiger partial charge in [0.05, 0.1) is 12.4 Å². The van der Waals surface area contributed by atoms with Gasteiger partial charge < -0.3 is 10.6 Å². The van der Waals surface area contributed by atoms with E-state index >= 15 is 0 Å². The van der Waals surface area contributed by atoms with Gasteiger partial charge in [-0.1, -0.05) is 29.8 Å². The van der Waals surface area contributed by atoms with Crippen molar-refractivity contribution in [3.63, 3.8) is 0 Å². The van der Waals surface area contributed by atoms with Crippen LogP contribution in [-0.2, 0) is 0 Å². The van der Waals surface area contributed by atoms with Gasteiger partial charge in [0.15, 0.2) is 0 Å². The molecule has 0 spiro atoms. The van der Waals surface area contributed by atoms with Crippen molar-refractivity contribution in [1.29, 1.82) is 0 Å². The van der Waals surface area contributed by atoms with E-state index in [1.54, 1.807) is 6.20 Å². The molecular weight excluding hydrogens is 300 g/mol. The Bertz CT molecular complexity index is 842. The second-order valence-corrected chi connectivity index (χ2v) is 5.60. The zero-order valence-electron chi connectivity index (χ0n) is 13.6. The number of hydrogen-bond donors (Lipinski definition) is 2. The Kier molecular flexibility index (Phi) is 4.52. The number of rotatable bonds is 4. The number of hydrogen-bond acceptors (Lipinski definition) is 4. The number of aromatic nitrogens is 2. The molecular formula is C19H18N4O. The molecule has 0 bridgehead atoms. The molecule has 1 heterocycles. The van der Waals surface area contributed by atoms with Crippen molar-refractivity contribution in [2.75, 3.05) is 10.6 Å². The lowest BCUT2D eigenvalue weighted by Gasteiger charge is -2.07. The Hall–Kier alpha value is -3.21. The van der Waals surface area contributed by atoms with Gasteiger partial charge in [0.25, 0.3) is 5.91 Å². The number of aryl methyl sites for hydroxylation is 2. The number of carbonyl (C=O) groups excluding carboxylic acids is 1. The van der Waals surface area contributed by atoms with Gasteiger partial charge in [0, 0.05) is 11.4 Å². The molecule has 5 heteroatoms. The Morgan fingerprint density at radius 2 is 1.67 bits per heavy atom. The van der Waals surface area contributed by atoms with E-state index in [9.17, 15) is 4.79 Å². The van der Waals surface area contributed by atoms with Gasteiger partial charge in [-0.05, 0) is 43.7 Å². The molecule has 0 saturated heterocycles. The number of amides is 1. The van der Waals surface area contributed by atoms with Crippen molar-refractivity contribution in [1.82, 2.24) is 9.97 Å². The van der Waals surface area contributed by atoms with E-state index in [1.165, 1.54) is 11.8 Å². The van der Waals surface area contributed by atoms with Crippen LogP contribution in [0.15, 0.2) is 60.9 Å². The maximum absolute atomic E-state index is 12.2. The number of nitrogens with one attached hydrogen (secondary N) is 2. The third kappa shape index (κ3) is 3.95. The van der Waals surface area contributed by atoms with Crippen molar-refractivity contribution in [3.8, 4) is 0 Å². The Labute approximate surface area is 140 Å². The van der Waals surface area contributed by atoms with Crippen LogP contribution >= 0.6 is 0 Å². The maximum atomic E-state index is 12.2. The molecule has 0 fully saturated rings. The predicted molar refractivity (Wildman–Crippen MR) is 95.6 cm³/mol. The zero-order chi connectivity index (χ0) is 16.9. The summed E-state index contributed by atoms with van der Waals surface area (Å²) < 4.78 is 0. The van der Waals surface area contributed by atoms with E-state index in [0.717, 1.165) is 16.9 Å². The van der Waals surface area contributed by atoms with E-state index in [4.69, 9.17) is 0 Å². The summed E-state index contributed by atoms with van der Waals surface area (Å²) in [5, 5.41) is 5.96. The van der Waals surface area contributed by atoms with Crippen LogP contribution in [0.5, 0.6) is 0 Å². The highest BCUT2D eigenvalue weighted by Gasteiger charge is 2.08. The summed E-state index contributed by atoms with van der Waals surface area (Å²) in [6, 6.07) is 15.6. The Balaban J connectivity index is 1.67. The molecule has 0 saturated carbocycles. The van der Waals surface area contributed by atoms with Crippen molar-refractivity contribution in [2.24, 2.45) is 0 Å².